The van der Waals surface area contributed by atoms with E-state index < -0.39 is 0 Å². The van der Waals surface area contributed by atoms with Crippen LogP contribution in [0.3, 0.4) is 0 Å². The number of fused-ring (bicyclic) bond motifs is 2. The third-order valence-electron chi connectivity index (χ3n) is 8.02. The quantitative estimate of drug-likeness (QED) is 0.399. The van der Waals surface area contributed by atoms with E-state index in [9.17, 15) is 4.79 Å². The lowest BCUT2D eigenvalue weighted by atomic mass is 9.87. The summed E-state index contributed by atoms with van der Waals surface area (Å²) in [4.78, 5) is 22.5. The summed E-state index contributed by atoms with van der Waals surface area (Å²) in [7, 11) is 1.71. The van der Waals surface area contributed by atoms with Gasteiger partial charge >= 0.3 is 0 Å². The minimum absolute atomic E-state index is 0.0976. The molecule has 2 fully saturated rings. The first kappa shape index (κ1) is 23.2. The van der Waals surface area contributed by atoms with Crippen molar-refractivity contribution in [3.63, 3.8) is 0 Å². The van der Waals surface area contributed by atoms with Gasteiger partial charge in [0.05, 0.1) is 12.2 Å². The van der Waals surface area contributed by atoms with Crippen molar-refractivity contribution in [2.24, 2.45) is 0 Å². The van der Waals surface area contributed by atoms with Gasteiger partial charge in [0.25, 0.3) is 0 Å². The standard InChI is InChI=1S/C29H36N6O/c1-17(2)27-24-13-21(19-9-11-34(12-10-19)16-26(36)30-4)7-8-25(24)32-28(27)22-14-23(20-5-6-20)29-31-18(3)33-35(29)15-22/h7-8,13-15,17,19-20,32H,5-6,9-12,16H2,1-4H3,(H,30,36). The number of amides is 1. The molecule has 2 aliphatic rings. The van der Waals surface area contributed by atoms with Gasteiger partial charge in [-0.05, 0) is 92.8 Å². The lowest BCUT2D eigenvalue weighted by Crippen LogP contribution is -2.40. The van der Waals surface area contributed by atoms with Gasteiger partial charge in [0.15, 0.2) is 5.65 Å². The Morgan fingerprint density at radius 2 is 1.92 bits per heavy atom. The predicted octanol–water partition coefficient (Wildman–Crippen LogP) is 5.11. The van der Waals surface area contributed by atoms with Crippen LogP contribution >= 0.6 is 0 Å². The van der Waals surface area contributed by atoms with Crippen LogP contribution < -0.4 is 5.32 Å². The van der Waals surface area contributed by atoms with Crippen molar-refractivity contribution in [3.05, 3.63) is 53.0 Å². The number of hydrogen-bond acceptors (Lipinski definition) is 4. The van der Waals surface area contributed by atoms with Crippen LogP contribution in [0.1, 0.15) is 79.8 Å². The molecule has 0 atom stereocenters. The molecule has 1 aromatic carbocycles. The molecule has 1 aliphatic carbocycles. The summed E-state index contributed by atoms with van der Waals surface area (Å²) in [6.45, 7) is 8.97. The summed E-state index contributed by atoms with van der Waals surface area (Å²) >= 11 is 0. The van der Waals surface area contributed by atoms with Crippen molar-refractivity contribution in [1.29, 1.82) is 0 Å². The summed E-state index contributed by atoms with van der Waals surface area (Å²) in [6, 6.07) is 9.33. The zero-order valence-corrected chi connectivity index (χ0v) is 21.8. The molecule has 1 saturated heterocycles. The Morgan fingerprint density at radius 3 is 2.61 bits per heavy atom. The fourth-order valence-electron chi connectivity index (χ4n) is 5.97. The highest BCUT2D eigenvalue weighted by molar-refractivity contribution is 5.92. The summed E-state index contributed by atoms with van der Waals surface area (Å²) in [5, 5.41) is 8.73. The van der Waals surface area contributed by atoms with Crippen molar-refractivity contribution in [2.75, 3.05) is 26.7 Å². The van der Waals surface area contributed by atoms with Crippen molar-refractivity contribution < 1.29 is 4.79 Å². The first-order valence-electron chi connectivity index (χ1n) is 13.4. The number of likely N-dealkylation sites (tertiary alicyclic amines) is 1. The third-order valence-corrected chi connectivity index (χ3v) is 8.02. The fraction of sp³-hybridized carbons (Fsp3) is 0.483. The van der Waals surface area contributed by atoms with Gasteiger partial charge in [0.1, 0.15) is 5.82 Å². The lowest BCUT2D eigenvalue weighted by Gasteiger charge is -2.31. The highest BCUT2D eigenvalue weighted by Crippen LogP contribution is 2.44. The number of benzene rings is 1. The number of aromatic amines is 1. The number of aryl methyl sites for hydroxylation is 1. The number of nitrogens with one attached hydrogen (secondary N) is 2. The molecule has 0 spiro atoms. The van der Waals surface area contributed by atoms with Gasteiger partial charge in [-0.3, -0.25) is 9.69 Å². The summed E-state index contributed by atoms with van der Waals surface area (Å²) in [5.41, 5.74) is 8.71. The molecule has 0 radical (unpaired) electrons. The van der Waals surface area contributed by atoms with Gasteiger partial charge in [-0.1, -0.05) is 19.9 Å². The number of carbonyl (C=O) groups is 1. The van der Waals surface area contributed by atoms with Crippen LogP contribution in [0.4, 0.5) is 0 Å². The highest BCUT2D eigenvalue weighted by Gasteiger charge is 2.29. The number of nitrogens with zero attached hydrogens (tertiary/aromatic N) is 4. The molecule has 7 nitrogen and oxygen atoms in total. The van der Waals surface area contributed by atoms with Crippen LogP contribution in [0.15, 0.2) is 30.5 Å². The van der Waals surface area contributed by atoms with E-state index in [2.05, 4.69) is 64.6 Å². The average Bonchev–Trinajstić information content (AvgIpc) is 3.53. The molecule has 1 amide bonds. The maximum Gasteiger partial charge on any atom is 0.233 e. The number of aromatic nitrogens is 4. The van der Waals surface area contributed by atoms with Crippen LogP contribution in [0.2, 0.25) is 0 Å². The lowest BCUT2D eigenvalue weighted by molar-refractivity contribution is -0.122. The van der Waals surface area contributed by atoms with Gasteiger partial charge in [-0.15, -0.1) is 0 Å². The second-order valence-corrected chi connectivity index (χ2v) is 11.0. The molecule has 0 bridgehead atoms. The maximum absolute atomic E-state index is 11.8. The van der Waals surface area contributed by atoms with E-state index in [0.717, 1.165) is 37.4 Å². The van der Waals surface area contributed by atoms with E-state index in [1.807, 2.05) is 11.4 Å². The molecule has 6 rings (SSSR count). The van der Waals surface area contributed by atoms with Gasteiger partial charge in [-0.2, -0.15) is 5.10 Å². The first-order chi connectivity index (χ1) is 17.4. The first-order valence-corrected chi connectivity index (χ1v) is 13.4. The summed E-state index contributed by atoms with van der Waals surface area (Å²) < 4.78 is 1.98. The largest absolute Gasteiger partial charge is 0.358 e. The van der Waals surface area contributed by atoms with Crippen LogP contribution in [0.5, 0.6) is 0 Å². The van der Waals surface area contributed by atoms with Crippen LogP contribution in [0, 0.1) is 6.92 Å². The predicted molar refractivity (Wildman–Crippen MR) is 144 cm³/mol. The van der Waals surface area contributed by atoms with Gasteiger partial charge in [0.2, 0.25) is 5.91 Å². The van der Waals surface area contributed by atoms with Gasteiger partial charge in [-0.25, -0.2) is 9.50 Å². The van der Waals surface area contributed by atoms with Crippen molar-refractivity contribution >= 4 is 22.5 Å². The molecule has 1 saturated carbocycles. The Bertz CT molecular complexity index is 1440. The normalized spacial score (nSPS) is 17.5. The second-order valence-electron chi connectivity index (χ2n) is 11.0. The SMILES string of the molecule is CNC(=O)CN1CCC(c2ccc3[nH]c(-c4cc(C5CC5)c5nc(C)nn5c4)c(C(C)C)c3c2)CC1. The Labute approximate surface area is 212 Å². The number of H-pyrrole nitrogens is 1. The number of carbonyl (C=O) groups excluding carboxylic acids is 1. The molecule has 3 aromatic heterocycles. The van der Waals surface area contributed by atoms with Crippen LogP contribution in [-0.2, 0) is 4.79 Å². The van der Waals surface area contributed by atoms with E-state index in [-0.39, 0.29) is 5.91 Å². The topological polar surface area (TPSA) is 78.3 Å². The Balaban J connectivity index is 1.36. The molecule has 4 aromatic rings. The van der Waals surface area contributed by atoms with E-state index in [4.69, 9.17) is 4.98 Å². The van der Waals surface area contributed by atoms with Crippen molar-refractivity contribution in [3.8, 4) is 11.3 Å². The van der Waals surface area contributed by atoms with E-state index in [0.29, 0.717) is 24.3 Å². The number of rotatable bonds is 6. The smallest absolute Gasteiger partial charge is 0.233 e. The van der Waals surface area contributed by atoms with E-state index >= 15 is 0 Å². The summed E-state index contributed by atoms with van der Waals surface area (Å²) in [6.07, 6.45) is 6.79. The fourth-order valence-corrected chi connectivity index (χ4v) is 5.97. The molecule has 188 valence electrons. The number of piperidine rings is 1. The number of pyridine rings is 1. The maximum atomic E-state index is 11.8. The van der Waals surface area contributed by atoms with E-state index in [1.165, 1.54) is 51.7 Å². The molecule has 36 heavy (non-hydrogen) atoms. The molecule has 0 unspecified atom stereocenters. The Morgan fingerprint density at radius 1 is 1.14 bits per heavy atom. The molecular weight excluding hydrogens is 448 g/mol. The highest BCUT2D eigenvalue weighted by atomic mass is 16.1. The van der Waals surface area contributed by atoms with Crippen LogP contribution in [0.25, 0.3) is 27.8 Å². The summed E-state index contributed by atoms with van der Waals surface area (Å²) in [5.74, 6) is 2.44. The minimum Gasteiger partial charge on any atom is -0.358 e. The minimum atomic E-state index is 0.0976. The molecule has 4 heterocycles. The van der Waals surface area contributed by atoms with Gasteiger partial charge in [0, 0.05) is 35.3 Å². The Hall–Kier alpha value is -3.19. The third kappa shape index (κ3) is 4.19. The molecule has 2 N–H and O–H groups in total. The average molecular weight is 485 g/mol. The van der Waals surface area contributed by atoms with Crippen molar-refractivity contribution in [2.45, 2.75) is 64.2 Å². The van der Waals surface area contributed by atoms with Crippen LogP contribution in [-0.4, -0.2) is 57.1 Å². The van der Waals surface area contributed by atoms with E-state index in [1.54, 1.807) is 7.05 Å². The number of hydrogen-bond donors (Lipinski definition) is 2. The second kappa shape index (κ2) is 9.04. The zero-order valence-electron chi connectivity index (χ0n) is 21.8. The molecule has 1 aliphatic heterocycles. The molecular formula is C29H36N6O. The number of likely N-dealkylation sites (N-methyl/N-ethyl adjacent to an activating group) is 1. The monoisotopic (exact) mass is 484 g/mol. The van der Waals surface area contributed by atoms with Gasteiger partial charge < -0.3 is 10.3 Å². The Kier molecular flexibility index (Phi) is 5.83. The molecule has 7 heteroatoms. The zero-order chi connectivity index (χ0) is 25.0. The van der Waals surface area contributed by atoms with Crippen molar-refractivity contribution in [1.82, 2.24) is 29.8 Å².